The molecule has 1 aromatic rings. The molecule has 2 N–H and O–H groups in total. The van der Waals surface area contributed by atoms with Gasteiger partial charge in [-0.15, -0.1) is 24.0 Å². The van der Waals surface area contributed by atoms with Crippen molar-refractivity contribution < 1.29 is 4.79 Å². The molecule has 0 unspecified atom stereocenters. The summed E-state index contributed by atoms with van der Waals surface area (Å²) in [7, 11) is 3.51. The average molecular weight is 472 g/mol. The van der Waals surface area contributed by atoms with E-state index in [1.807, 2.05) is 0 Å². The maximum atomic E-state index is 11.8. The Balaban J connectivity index is 0.00000338. The Kier molecular flexibility index (Phi) is 9.98. The molecule has 1 saturated carbocycles. The molecule has 0 bridgehead atoms. The van der Waals surface area contributed by atoms with Gasteiger partial charge in [-0.2, -0.15) is 0 Å². The largest absolute Gasteiger partial charge is 0.354 e. The molecule has 26 heavy (non-hydrogen) atoms. The van der Waals surface area contributed by atoms with Gasteiger partial charge in [0, 0.05) is 26.2 Å². The monoisotopic (exact) mass is 472 g/mol. The Morgan fingerprint density at radius 2 is 1.77 bits per heavy atom. The smallest absolute Gasteiger partial charge is 0.243 e. The number of nitrogens with zero attached hydrogens (tertiary/aromatic N) is 2. The number of aliphatic imine (C=N–C) groups is 1. The third-order valence-electron chi connectivity index (χ3n) is 4.64. The molecular weight excluding hydrogens is 439 g/mol. The summed E-state index contributed by atoms with van der Waals surface area (Å²) in [5.74, 6) is 1.42. The lowest BCUT2D eigenvalue weighted by molar-refractivity contribution is -0.127. The lowest BCUT2D eigenvalue weighted by Crippen LogP contribution is -2.47. The minimum absolute atomic E-state index is 0. The van der Waals surface area contributed by atoms with E-state index in [2.05, 4.69) is 59.8 Å². The van der Waals surface area contributed by atoms with Crippen molar-refractivity contribution in [1.82, 2.24) is 15.5 Å². The fraction of sp³-hybridized carbons (Fsp3) is 0.600. The van der Waals surface area contributed by atoms with Crippen molar-refractivity contribution >= 4 is 35.8 Å². The zero-order valence-corrected chi connectivity index (χ0v) is 18.7. The van der Waals surface area contributed by atoms with Crippen LogP contribution in [0.4, 0.5) is 0 Å². The molecule has 0 atom stereocenters. The second-order valence-electron chi connectivity index (χ2n) is 7.36. The number of nitrogens with one attached hydrogen (secondary N) is 2. The second-order valence-corrected chi connectivity index (χ2v) is 7.36. The first-order valence-corrected chi connectivity index (χ1v) is 9.28. The maximum absolute atomic E-state index is 11.8. The van der Waals surface area contributed by atoms with Gasteiger partial charge in [0.15, 0.2) is 5.96 Å². The summed E-state index contributed by atoms with van der Waals surface area (Å²) in [5, 5.41) is 6.85. The van der Waals surface area contributed by atoms with Crippen LogP contribution in [0.2, 0.25) is 0 Å². The van der Waals surface area contributed by atoms with Crippen LogP contribution >= 0.6 is 24.0 Å². The number of likely N-dealkylation sites (N-methyl/N-ethyl adjacent to an activating group) is 1. The van der Waals surface area contributed by atoms with Crippen LogP contribution < -0.4 is 10.6 Å². The molecule has 5 nitrogen and oxygen atoms in total. The Morgan fingerprint density at radius 1 is 1.15 bits per heavy atom. The van der Waals surface area contributed by atoms with Crippen LogP contribution in [0.25, 0.3) is 0 Å². The van der Waals surface area contributed by atoms with Crippen molar-refractivity contribution in [2.45, 2.75) is 57.5 Å². The number of benzene rings is 1. The highest BCUT2D eigenvalue weighted by molar-refractivity contribution is 14.0. The Hall–Kier alpha value is -1.31. The lowest BCUT2D eigenvalue weighted by atomic mass is 9.82. The van der Waals surface area contributed by atoms with Crippen LogP contribution in [0.15, 0.2) is 35.3 Å². The predicted octanol–water partition coefficient (Wildman–Crippen LogP) is 3.36. The summed E-state index contributed by atoms with van der Waals surface area (Å²) in [5.41, 5.74) is 1.45. The average Bonchev–Trinajstić information content (AvgIpc) is 2.60. The number of carbonyl (C=O) groups excluding carboxylic acids is 1. The summed E-state index contributed by atoms with van der Waals surface area (Å²) in [4.78, 5) is 17.8. The predicted molar refractivity (Wildman–Crippen MR) is 119 cm³/mol. The molecule has 1 aliphatic rings. The molecule has 1 aromatic carbocycles. The third-order valence-corrected chi connectivity index (χ3v) is 4.64. The SMILES string of the molecule is CC(C)NC(=NCC(=O)N(C)C)NC1CCC(c2ccccc2)CC1.I. The fourth-order valence-corrected chi connectivity index (χ4v) is 3.18. The molecule has 0 radical (unpaired) electrons. The maximum Gasteiger partial charge on any atom is 0.243 e. The first-order chi connectivity index (χ1) is 12.0. The number of guanidine groups is 1. The Morgan fingerprint density at radius 3 is 2.31 bits per heavy atom. The number of carbonyl (C=O) groups is 1. The molecule has 0 aliphatic heterocycles. The van der Waals surface area contributed by atoms with E-state index >= 15 is 0 Å². The topological polar surface area (TPSA) is 56.7 Å². The van der Waals surface area contributed by atoms with E-state index in [1.165, 1.54) is 18.4 Å². The van der Waals surface area contributed by atoms with E-state index in [4.69, 9.17) is 0 Å². The molecule has 0 aromatic heterocycles. The van der Waals surface area contributed by atoms with Gasteiger partial charge in [-0.25, -0.2) is 4.99 Å². The van der Waals surface area contributed by atoms with Crippen LogP contribution in [0.1, 0.15) is 51.0 Å². The van der Waals surface area contributed by atoms with Gasteiger partial charge in [-0.1, -0.05) is 30.3 Å². The van der Waals surface area contributed by atoms with E-state index in [1.54, 1.807) is 19.0 Å². The minimum atomic E-state index is 0. The van der Waals surface area contributed by atoms with Crippen molar-refractivity contribution in [2.75, 3.05) is 20.6 Å². The highest BCUT2D eigenvalue weighted by atomic mass is 127. The van der Waals surface area contributed by atoms with Gasteiger partial charge in [-0.05, 0) is 51.0 Å². The standard InChI is InChI=1S/C20H32N4O.HI/c1-15(2)22-20(21-14-19(25)24(3)4)23-18-12-10-17(11-13-18)16-8-6-5-7-9-16;/h5-9,15,17-18H,10-14H2,1-4H3,(H2,21,22,23);1H. The molecule has 1 aliphatic carbocycles. The molecule has 146 valence electrons. The molecule has 0 saturated heterocycles. The molecule has 1 amide bonds. The number of hydrogen-bond acceptors (Lipinski definition) is 2. The first kappa shape index (κ1) is 22.7. The van der Waals surface area contributed by atoms with Gasteiger partial charge in [0.2, 0.25) is 5.91 Å². The first-order valence-electron chi connectivity index (χ1n) is 9.28. The van der Waals surface area contributed by atoms with Gasteiger partial charge in [0.1, 0.15) is 6.54 Å². The van der Waals surface area contributed by atoms with Crippen molar-refractivity contribution in [3.05, 3.63) is 35.9 Å². The number of halogens is 1. The van der Waals surface area contributed by atoms with Gasteiger partial charge in [-0.3, -0.25) is 4.79 Å². The fourth-order valence-electron chi connectivity index (χ4n) is 3.18. The van der Waals surface area contributed by atoms with E-state index in [0.717, 1.165) is 18.8 Å². The normalized spacial score (nSPS) is 20.3. The summed E-state index contributed by atoms with van der Waals surface area (Å²) in [6, 6.07) is 11.5. The molecular formula is C20H33IN4O. The van der Waals surface area contributed by atoms with Crippen LogP contribution in [0, 0.1) is 0 Å². The van der Waals surface area contributed by atoms with Gasteiger partial charge >= 0.3 is 0 Å². The molecule has 1 fully saturated rings. The van der Waals surface area contributed by atoms with E-state index < -0.39 is 0 Å². The van der Waals surface area contributed by atoms with E-state index in [0.29, 0.717) is 12.0 Å². The highest BCUT2D eigenvalue weighted by Crippen LogP contribution is 2.32. The molecule has 0 spiro atoms. The van der Waals surface area contributed by atoms with Gasteiger partial charge < -0.3 is 15.5 Å². The highest BCUT2D eigenvalue weighted by Gasteiger charge is 2.23. The summed E-state index contributed by atoms with van der Waals surface area (Å²) in [6.07, 6.45) is 4.63. The number of hydrogen-bond donors (Lipinski definition) is 2. The molecule has 2 rings (SSSR count). The van der Waals surface area contributed by atoms with Crippen LogP contribution in [0.3, 0.4) is 0 Å². The van der Waals surface area contributed by atoms with Crippen LogP contribution in [-0.4, -0.2) is 49.5 Å². The van der Waals surface area contributed by atoms with Crippen molar-refractivity contribution in [3.63, 3.8) is 0 Å². The van der Waals surface area contributed by atoms with Gasteiger partial charge in [0.05, 0.1) is 0 Å². The van der Waals surface area contributed by atoms with E-state index in [-0.39, 0.29) is 42.5 Å². The third kappa shape index (κ3) is 7.51. The lowest BCUT2D eigenvalue weighted by Gasteiger charge is -2.31. The Bertz CT molecular complexity index is 566. The van der Waals surface area contributed by atoms with Crippen LogP contribution in [-0.2, 0) is 4.79 Å². The van der Waals surface area contributed by atoms with Crippen LogP contribution in [0.5, 0.6) is 0 Å². The zero-order valence-electron chi connectivity index (χ0n) is 16.4. The second kappa shape index (κ2) is 11.4. The molecule has 6 heteroatoms. The minimum Gasteiger partial charge on any atom is -0.354 e. The van der Waals surface area contributed by atoms with Crippen molar-refractivity contribution in [1.29, 1.82) is 0 Å². The summed E-state index contributed by atoms with van der Waals surface area (Å²) in [6.45, 7) is 4.34. The Labute approximate surface area is 175 Å². The number of rotatable bonds is 5. The molecule has 0 heterocycles. The van der Waals surface area contributed by atoms with Crippen molar-refractivity contribution in [3.8, 4) is 0 Å². The van der Waals surface area contributed by atoms with Gasteiger partial charge in [0.25, 0.3) is 0 Å². The quantitative estimate of drug-likeness (QED) is 0.393. The summed E-state index contributed by atoms with van der Waals surface area (Å²) >= 11 is 0. The van der Waals surface area contributed by atoms with E-state index in [9.17, 15) is 4.79 Å². The summed E-state index contributed by atoms with van der Waals surface area (Å²) < 4.78 is 0. The van der Waals surface area contributed by atoms with Crippen molar-refractivity contribution in [2.24, 2.45) is 4.99 Å². The number of amides is 1. The zero-order chi connectivity index (χ0) is 18.2.